The van der Waals surface area contributed by atoms with Gasteiger partial charge in [0.05, 0.1) is 24.3 Å². The number of piperazine rings is 1. The summed E-state index contributed by atoms with van der Waals surface area (Å²) in [5.74, 6) is -0.203. The molecule has 0 aliphatic carbocycles. The van der Waals surface area contributed by atoms with E-state index < -0.39 is 5.97 Å². The summed E-state index contributed by atoms with van der Waals surface area (Å²) in [6.07, 6.45) is 2.79. The van der Waals surface area contributed by atoms with Crippen molar-refractivity contribution >= 4 is 17.6 Å². The lowest BCUT2D eigenvalue weighted by atomic mass is 10.2. The number of carboxylic acid groups (broad SMARTS) is 1. The van der Waals surface area contributed by atoms with E-state index >= 15 is 0 Å². The summed E-state index contributed by atoms with van der Waals surface area (Å²) < 4.78 is 5.68. The van der Waals surface area contributed by atoms with Crippen LogP contribution in [0.3, 0.4) is 0 Å². The second-order valence-electron chi connectivity index (χ2n) is 7.05. The van der Waals surface area contributed by atoms with Gasteiger partial charge in [-0.05, 0) is 31.0 Å². The number of nitrogens with one attached hydrogen (secondary N) is 1. The Morgan fingerprint density at radius 2 is 2.18 bits per heavy atom. The van der Waals surface area contributed by atoms with Crippen molar-refractivity contribution in [2.24, 2.45) is 4.99 Å². The third-order valence-electron chi connectivity index (χ3n) is 5.05. The topological polar surface area (TPSA) is 101 Å². The normalized spacial score (nSPS) is 20.8. The molecule has 28 heavy (non-hydrogen) atoms. The van der Waals surface area contributed by atoms with Crippen molar-refractivity contribution in [3.63, 3.8) is 0 Å². The molecule has 1 aromatic rings. The maximum Gasteiger partial charge on any atom is 0.335 e. The first-order valence-electron chi connectivity index (χ1n) is 9.76. The summed E-state index contributed by atoms with van der Waals surface area (Å²) in [7, 11) is 0. The van der Waals surface area contributed by atoms with E-state index in [1.54, 1.807) is 18.2 Å². The van der Waals surface area contributed by atoms with Crippen molar-refractivity contribution in [1.82, 2.24) is 9.80 Å². The Morgan fingerprint density at radius 3 is 2.86 bits per heavy atom. The maximum atomic E-state index is 11.2. The number of ether oxygens (including phenoxy) is 1. The van der Waals surface area contributed by atoms with Crippen molar-refractivity contribution in [3.05, 3.63) is 29.8 Å². The van der Waals surface area contributed by atoms with Crippen LogP contribution in [-0.2, 0) is 4.74 Å². The van der Waals surface area contributed by atoms with E-state index in [1.165, 1.54) is 0 Å². The lowest BCUT2D eigenvalue weighted by Gasteiger charge is -2.36. The van der Waals surface area contributed by atoms with Crippen LogP contribution in [0.15, 0.2) is 29.3 Å². The maximum absolute atomic E-state index is 11.2. The molecule has 0 unspecified atom stereocenters. The van der Waals surface area contributed by atoms with Crippen LogP contribution < -0.4 is 5.32 Å². The highest BCUT2D eigenvalue weighted by atomic mass is 16.5. The number of aromatic carboxylic acids is 1. The number of anilines is 1. The zero-order valence-electron chi connectivity index (χ0n) is 16.0. The molecule has 2 aliphatic heterocycles. The predicted octanol–water partition coefficient (Wildman–Crippen LogP) is 1.86. The van der Waals surface area contributed by atoms with Gasteiger partial charge in [-0.25, -0.2) is 4.79 Å². The molecule has 8 nitrogen and oxygen atoms in total. The van der Waals surface area contributed by atoms with Crippen molar-refractivity contribution in [3.8, 4) is 6.07 Å². The SMILES string of the molecule is N#CCCN1CCN(C(=NC[C@H]2CCCO2)Nc2cccc(C(=O)O)c2)CC1. The highest BCUT2D eigenvalue weighted by Gasteiger charge is 2.21. The van der Waals surface area contributed by atoms with Crippen molar-refractivity contribution in [2.75, 3.05) is 51.2 Å². The van der Waals surface area contributed by atoms with Gasteiger partial charge in [-0.1, -0.05) is 6.07 Å². The predicted molar refractivity (Wildman–Crippen MR) is 107 cm³/mol. The smallest absolute Gasteiger partial charge is 0.335 e. The Kier molecular flexibility index (Phi) is 7.23. The number of nitrogens with zero attached hydrogens (tertiary/aromatic N) is 4. The molecule has 2 N–H and O–H groups in total. The van der Waals surface area contributed by atoms with Gasteiger partial charge in [0.25, 0.3) is 0 Å². The van der Waals surface area contributed by atoms with Gasteiger partial charge in [0.1, 0.15) is 0 Å². The molecule has 8 heteroatoms. The first-order chi connectivity index (χ1) is 13.7. The fourth-order valence-electron chi connectivity index (χ4n) is 3.45. The van der Waals surface area contributed by atoms with Gasteiger partial charge in [-0.3, -0.25) is 9.89 Å². The van der Waals surface area contributed by atoms with Gasteiger partial charge in [-0.2, -0.15) is 5.26 Å². The van der Waals surface area contributed by atoms with Crippen LogP contribution in [0, 0.1) is 11.3 Å². The fraction of sp³-hybridized carbons (Fsp3) is 0.550. The van der Waals surface area contributed by atoms with E-state index in [1.807, 2.05) is 6.07 Å². The summed E-state index contributed by atoms with van der Waals surface area (Å²) in [4.78, 5) is 20.5. The minimum Gasteiger partial charge on any atom is -0.478 e. The molecule has 150 valence electrons. The van der Waals surface area contributed by atoms with Gasteiger partial charge in [0.15, 0.2) is 5.96 Å². The Labute approximate surface area is 165 Å². The Balaban J connectivity index is 1.68. The molecule has 0 aromatic heterocycles. The summed E-state index contributed by atoms with van der Waals surface area (Å²) >= 11 is 0. The van der Waals surface area contributed by atoms with Crippen LogP contribution in [0.2, 0.25) is 0 Å². The van der Waals surface area contributed by atoms with Gasteiger partial charge in [0.2, 0.25) is 0 Å². The fourth-order valence-corrected chi connectivity index (χ4v) is 3.45. The monoisotopic (exact) mass is 385 g/mol. The molecule has 2 saturated heterocycles. The average Bonchev–Trinajstić information content (AvgIpc) is 3.24. The second-order valence-corrected chi connectivity index (χ2v) is 7.05. The number of hydrogen-bond acceptors (Lipinski definition) is 5. The molecular formula is C20H27N5O3. The third-order valence-corrected chi connectivity index (χ3v) is 5.05. The molecule has 1 aromatic carbocycles. The number of benzene rings is 1. The molecule has 0 spiro atoms. The zero-order valence-corrected chi connectivity index (χ0v) is 16.0. The van der Waals surface area contributed by atoms with Crippen LogP contribution in [0.5, 0.6) is 0 Å². The van der Waals surface area contributed by atoms with Crippen LogP contribution in [0.4, 0.5) is 5.69 Å². The number of aliphatic imine (C=N–C) groups is 1. The molecule has 0 amide bonds. The van der Waals surface area contributed by atoms with E-state index in [0.29, 0.717) is 18.7 Å². The summed E-state index contributed by atoms with van der Waals surface area (Å²) in [6.45, 7) is 5.54. The molecule has 3 rings (SSSR count). The number of guanidine groups is 1. The molecule has 2 aliphatic rings. The van der Waals surface area contributed by atoms with Crippen LogP contribution in [0.1, 0.15) is 29.6 Å². The molecule has 1 atom stereocenters. The molecule has 0 radical (unpaired) electrons. The zero-order chi connectivity index (χ0) is 19.8. The first kappa shape index (κ1) is 20.1. The molecular weight excluding hydrogens is 358 g/mol. The largest absolute Gasteiger partial charge is 0.478 e. The molecule has 0 bridgehead atoms. The lowest BCUT2D eigenvalue weighted by Crippen LogP contribution is -2.50. The number of carbonyl (C=O) groups is 1. The van der Waals surface area contributed by atoms with Gasteiger partial charge >= 0.3 is 5.97 Å². The standard InChI is InChI=1S/C20H27N5O3/c21-7-3-8-24-9-11-25(12-10-24)20(22-15-18-6-2-13-28-18)23-17-5-1-4-16(14-17)19(26)27/h1,4-5,14,18H,2-3,6,8-13,15H2,(H,22,23)(H,26,27)/t18-/m1/s1. The van der Waals surface area contributed by atoms with Crippen LogP contribution >= 0.6 is 0 Å². The quantitative estimate of drug-likeness (QED) is 0.569. The van der Waals surface area contributed by atoms with E-state index in [0.717, 1.165) is 58.1 Å². The molecule has 0 saturated carbocycles. The van der Waals surface area contributed by atoms with E-state index in [2.05, 4.69) is 21.2 Å². The van der Waals surface area contributed by atoms with Gasteiger partial charge < -0.3 is 20.1 Å². The Hall–Kier alpha value is -2.63. The number of hydrogen-bond donors (Lipinski definition) is 2. The van der Waals surface area contributed by atoms with E-state index in [4.69, 9.17) is 15.0 Å². The first-order valence-corrected chi connectivity index (χ1v) is 9.76. The van der Waals surface area contributed by atoms with E-state index in [-0.39, 0.29) is 11.7 Å². The molecule has 2 fully saturated rings. The van der Waals surface area contributed by atoms with Crippen molar-refractivity contribution < 1.29 is 14.6 Å². The van der Waals surface area contributed by atoms with Crippen molar-refractivity contribution in [1.29, 1.82) is 5.26 Å². The van der Waals surface area contributed by atoms with Crippen molar-refractivity contribution in [2.45, 2.75) is 25.4 Å². The minimum atomic E-state index is -0.951. The Bertz CT molecular complexity index is 732. The number of rotatable bonds is 6. The number of nitriles is 1. The van der Waals surface area contributed by atoms with Gasteiger partial charge in [-0.15, -0.1) is 0 Å². The minimum absolute atomic E-state index is 0.152. The average molecular weight is 385 g/mol. The molecule has 2 heterocycles. The summed E-state index contributed by atoms with van der Waals surface area (Å²) in [5, 5.41) is 21.3. The Morgan fingerprint density at radius 1 is 1.36 bits per heavy atom. The highest BCUT2D eigenvalue weighted by molar-refractivity contribution is 5.95. The highest BCUT2D eigenvalue weighted by Crippen LogP contribution is 2.15. The summed E-state index contributed by atoms with van der Waals surface area (Å²) in [6, 6.07) is 8.96. The van der Waals surface area contributed by atoms with Gasteiger partial charge in [0, 0.05) is 51.4 Å². The number of carboxylic acids is 1. The second kappa shape index (κ2) is 10.1. The third kappa shape index (κ3) is 5.68. The van der Waals surface area contributed by atoms with Crippen LogP contribution in [-0.4, -0.2) is 78.8 Å². The van der Waals surface area contributed by atoms with E-state index in [9.17, 15) is 9.90 Å². The van der Waals surface area contributed by atoms with Crippen LogP contribution in [0.25, 0.3) is 0 Å². The lowest BCUT2D eigenvalue weighted by molar-refractivity contribution is 0.0697. The summed E-state index contributed by atoms with van der Waals surface area (Å²) in [5.41, 5.74) is 0.947.